The molecule has 0 radical (unpaired) electrons. The number of aryl methyl sites for hydroxylation is 1. The van der Waals surface area contributed by atoms with Gasteiger partial charge >= 0.3 is 11.8 Å². The van der Waals surface area contributed by atoms with Crippen molar-refractivity contribution in [2.45, 2.75) is 18.9 Å². The molecule has 7 heteroatoms. The van der Waals surface area contributed by atoms with Crippen molar-refractivity contribution < 1.29 is 14.3 Å². The predicted octanol–water partition coefficient (Wildman–Crippen LogP) is 2.23. The molecule has 2 rings (SSSR count). The minimum atomic E-state index is -0.706. The van der Waals surface area contributed by atoms with Crippen molar-refractivity contribution in [2.24, 2.45) is 0 Å². The lowest BCUT2D eigenvalue weighted by Crippen LogP contribution is -2.47. The zero-order valence-electron chi connectivity index (χ0n) is 12.6. The first-order chi connectivity index (χ1) is 10.5. The summed E-state index contributed by atoms with van der Waals surface area (Å²) in [6, 6.07) is 5.13. The van der Waals surface area contributed by atoms with Gasteiger partial charge in [-0.05, 0) is 36.8 Å². The van der Waals surface area contributed by atoms with Gasteiger partial charge in [-0.3, -0.25) is 9.59 Å². The standard InChI is InChI=1S/C15H19ClN2O3S/c1-10-3-4-11(16)7-12(10)18-14(20)13(19)17-8-15(21-2)5-6-22-9-15/h3-4,7H,5-6,8-9H2,1-2H3,(H,17,19)(H,18,20)/t15-/m1/s1. The number of methoxy groups -OCH3 is 1. The van der Waals surface area contributed by atoms with E-state index in [9.17, 15) is 9.59 Å². The van der Waals surface area contributed by atoms with Crippen LogP contribution in [0.1, 0.15) is 12.0 Å². The van der Waals surface area contributed by atoms with E-state index in [0.29, 0.717) is 17.3 Å². The maximum atomic E-state index is 12.0. The summed E-state index contributed by atoms with van der Waals surface area (Å²) < 4.78 is 5.50. The molecular weight excluding hydrogens is 324 g/mol. The number of amides is 2. The average molecular weight is 343 g/mol. The van der Waals surface area contributed by atoms with Gasteiger partial charge in [0.15, 0.2) is 0 Å². The van der Waals surface area contributed by atoms with Crippen molar-refractivity contribution in [1.82, 2.24) is 5.32 Å². The number of thioether (sulfide) groups is 1. The van der Waals surface area contributed by atoms with Crippen molar-refractivity contribution in [3.8, 4) is 0 Å². The maximum absolute atomic E-state index is 12.0. The zero-order chi connectivity index (χ0) is 16.2. The van der Waals surface area contributed by atoms with E-state index in [4.69, 9.17) is 16.3 Å². The molecule has 0 aliphatic carbocycles. The Kier molecular flexibility index (Phi) is 5.72. The number of ether oxygens (including phenoxy) is 1. The Morgan fingerprint density at radius 2 is 2.18 bits per heavy atom. The van der Waals surface area contributed by atoms with Crippen LogP contribution in [0.5, 0.6) is 0 Å². The lowest BCUT2D eigenvalue weighted by atomic mass is 10.0. The van der Waals surface area contributed by atoms with Crippen LogP contribution in [0.3, 0.4) is 0 Å². The van der Waals surface area contributed by atoms with Crippen LogP contribution in [0.25, 0.3) is 0 Å². The van der Waals surface area contributed by atoms with Crippen LogP contribution >= 0.6 is 23.4 Å². The number of rotatable bonds is 4. The highest BCUT2D eigenvalue weighted by atomic mass is 35.5. The normalized spacial score (nSPS) is 20.7. The van der Waals surface area contributed by atoms with Gasteiger partial charge in [0.25, 0.3) is 0 Å². The second-order valence-electron chi connectivity index (χ2n) is 5.29. The SMILES string of the molecule is CO[C@@]1(CNC(=O)C(=O)Nc2cc(Cl)ccc2C)CCSC1. The molecule has 22 heavy (non-hydrogen) atoms. The molecule has 0 bridgehead atoms. The van der Waals surface area contributed by atoms with Gasteiger partial charge in [-0.2, -0.15) is 11.8 Å². The molecule has 0 saturated carbocycles. The van der Waals surface area contributed by atoms with Crippen LogP contribution in [-0.4, -0.2) is 42.6 Å². The minimum Gasteiger partial charge on any atom is -0.376 e. The van der Waals surface area contributed by atoms with E-state index >= 15 is 0 Å². The minimum absolute atomic E-state index is 0.331. The Morgan fingerprint density at radius 1 is 1.41 bits per heavy atom. The van der Waals surface area contributed by atoms with E-state index in [-0.39, 0.29) is 5.60 Å². The van der Waals surface area contributed by atoms with Gasteiger partial charge in [-0.25, -0.2) is 0 Å². The van der Waals surface area contributed by atoms with E-state index in [1.54, 1.807) is 37.1 Å². The lowest BCUT2D eigenvalue weighted by molar-refractivity contribution is -0.136. The van der Waals surface area contributed by atoms with Crippen LogP contribution in [-0.2, 0) is 14.3 Å². The molecule has 5 nitrogen and oxygen atoms in total. The molecule has 1 aromatic carbocycles. The van der Waals surface area contributed by atoms with Crippen LogP contribution in [0.15, 0.2) is 18.2 Å². The van der Waals surface area contributed by atoms with Crippen molar-refractivity contribution >= 4 is 40.9 Å². The third-order valence-electron chi connectivity index (χ3n) is 3.73. The highest BCUT2D eigenvalue weighted by Gasteiger charge is 2.35. The zero-order valence-corrected chi connectivity index (χ0v) is 14.1. The molecular formula is C15H19ClN2O3S. The first-order valence-corrected chi connectivity index (χ1v) is 8.47. The number of anilines is 1. The average Bonchev–Trinajstić information content (AvgIpc) is 2.98. The van der Waals surface area contributed by atoms with Crippen molar-refractivity contribution in [3.63, 3.8) is 0 Å². The van der Waals surface area contributed by atoms with Crippen LogP contribution < -0.4 is 10.6 Å². The van der Waals surface area contributed by atoms with Crippen molar-refractivity contribution in [1.29, 1.82) is 0 Å². The Balaban J connectivity index is 1.92. The fourth-order valence-corrected chi connectivity index (χ4v) is 3.76. The highest BCUT2D eigenvalue weighted by Crippen LogP contribution is 2.30. The number of carbonyl (C=O) groups excluding carboxylic acids is 2. The monoisotopic (exact) mass is 342 g/mol. The van der Waals surface area contributed by atoms with E-state index < -0.39 is 11.8 Å². The molecule has 2 N–H and O–H groups in total. The van der Waals surface area contributed by atoms with Crippen molar-refractivity contribution in [3.05, 3.63) is 28.8 Å². The molecule has 1 aliphatic rings. The topological polar surface area (TPSA) is 67.4 Å². The summed E-state index contributed by atoms with van der Waals surface area (Å²) in [4.78, 5) is 23.9. The van der Waals surface area contributed by atoms with E-state index in [1.165, 1.54) is 0 Å². The van der Waals surface area contributed by atoms with Gasteiger partial charge in [-0.1, -0.05) is 17.7 Å². The summed E-state index contributed by atoms with van der Waals surface area (Å²) in [7, 11) is 1.63. The van der Waals surface area contributed by atoms with Gasteiger partial charge < -0.3 is 15.4 Å². The van der Waals surface area contributed by atoms with Gasteiger partial charge in [0.05, 0.1) is 5.60 Å². The molecule has 1 fully saturated rings. The fourth-order valence-electron chi connectivity index (χ4n) is 2.19. The van der Waals surface area contributed by atoms with Gasteiger partial charge in [0.2, 0.25) is 0 Å². The number of hydrogen-bond donors (Lipinski definition) is 2. The number of halogens is 1. The first-order valence-electron chi connectivity index (χ1n) is 6.94. The Bertz CT molecular complexity index is 574. The third kappa shape index (κ3) is 4.15. The number of carbonyl (C=O) groups is 2. The molecule has 120 valence electrons. The summed E-state index contributed by atoms with van der Waals surface area (Å²) in [5.41, 5.74) is 1.00. The Labute approximate surface area is 139 Å². The summed E-state index contributed by atoms with van der Waals surface area (Å²) >= 11 is 7.67. The van der Waals surface area contributed by atoms with Crippen LogP contribution in [0.4, 0.5) is 5.69 Å². The van der Waals surface area contributed by atoms with Crippen molar-refractivity contribution in [2.75, 3.05) is 30.5 Å². The first kappa shape index (κ1) is 17.1. The molecule has 0 unspecified atom stereocenters. The quantitative estimate of drug-likeness (QED) is 0.823. The second-order valence-corrected chi connectivity index (χ2v) is 6.83. The summed E-state index contributed by atoms with van der Waals surface area (Å²) in [6.07, 6.45) is 0.865. The summed E-state index contributed by atoms with van der Waals surface area (Å²) in [5, 5.41) is 5.73. The molecule has 1 saturated heterocycles. The lowest BCUT2D eigenvalue weighted by Gasteiger charge is -2.26. The highest BCUT2D eigenvalue weighted by molar-refractivity contribution is 7.99. The predicted molar refractivity (Wildman–Crippen MR) is 89.5 cm³/mol. The smallest absolute Gasteiger partial charge is 0.313 e. The van der Waals surface area contributed by atoms with Gasteiger partial charge in [0, 0.05) is 30.1 Å². The largest absolute Gasteiger partial charge is 0.376 e. The molecule has 2 amide bonds. The molecule has 0 spiro atoms. The fraction of sp³-hybridized carbons (Fsp3) is 0.467. The second kappa shape index (κ2) is 7.35. The van der Waals surface area contributed by atoms with E-state index in [0.717, 1.165) is 23.5 Å². The molecule has 0 aromatic heterocycles. The van der Waals surface area contributed by atoms with Crippen LogP contribution in [0, 0.1) is 6.92 Å². The molecule has 1 aromatic rings. The molecule has 1 aliphatic heterocycles. The Morgan fingerprint density at radius 3 is 2.82 bits per heavy atom. The van der Waals surface area contributed by atoms with E-state index in [2.05, 4.69) is 10.6 Å². The Hall–Kier alpha value is -1.24. The third-order valence-corrected chi connectivity index (χ3v) is 5.18. The van der Waals surface area contributed by atoms with E-state index in [1.807, 2.05) is 6.92 Å². The summed E-state index contributed by atoms with van der Waals surface area (Å²) in [5.74, 6) is 0.436. The number of hydrogen-bond acceptors (Lipinski definition) is 4. The molecule has 1 heterocycles. The molecule has 1 atom stereocenters. The van der Waals surface area contributed by atoms with Crippen LogP contribution in [0.2, 0.25) is 5.02 Å². The van der Waals surface area contributed by atoms with Gasteiger partial charge in [0.1, 0.15) is 0 Å². The van der Waals surface area contributed by atoms with Gasteiger partial charge in [-0.15, -0.1) is 0 Å². The summed E-state index contributed by atoms with van der Waals surface area (Å²) in [6.45, 7) is 2.16. The maximum Gasteiger partial charge on any atom is 0.313 e. The number of nitrogens with one attached hydrogen (secondary N) is 2. The number of benzene rings is 1.